The third-order valence-corrected chi connectivity index (χ3v) is 5.39. The molecule has 2 aliphatic carbocycles. The number of nitrogens with zero attached hydrogens (tertiary/aromatic N) is 1. The lowest BCUT2D eigenvalue weighted by molar-refractivity contribution is -0.136. The fraction of sp³-hybridized carbons (Fsp3) is 0.824. The van der Waals surface area contributed by atoms with Gasteiger partial charge >= 0.3 is 0 Å². The molecule has 1 atom stereocenters. The van der Waals surface area contributed by atoms with Crippen LogP contribution in [-0.4, -0.2) is 35.5 Å². The minimum Gasteiger partial charge on any atom is -0.348 e. The average molecular weight is 276 g/mol. The Morgan fingerprint density at radius 3 is 2.45 bits per heavy atom. The monoisotopic (exact) mass is 276 g/mol. The summed E-state index contributed by atoms with van der Waals surface area (Å²) in [7, 11) is 0. The SMILES string of the molecule is O=C(NC1C=CCCC1)C1(N2CCCC2)CCCCC1. The number of allylic oxidation sites excluding steroid dienone is 1. The summed E-state index contributed by atoms with van der Waals surface area (Å²) in [4.78, 5) is 15.5. The van der Waals surface area contributed by atoms with Crippen molar-refractivity contribution < 1.29 is 4.79 Å². The van der Waals surface area contributed by atoms with Crippen LogP contribution in [0.25, 0.3) is 0 Å². The van der Waals surface area contributed by atoms with Gasteiger partial charge in [0.05, 0.1) is 0 Å². The molecule has 0 aromatic heterocycles. The normalized spacial score (nSPS) is 30.3. The minimum atomic E-state index is -0.181. The van der Waals surface area contributed by atoms with E-state index in [1.807, 2.05) is 0 Å². The van der Waals surface area contributed by atoms with Crippen LogP contribution in [0.1, 0.15) is 64.2 Å². The highest BCUT2D eigenvalue weighted by molar-refractivity contribution is 5.87. The summed E-state index contributed by atoms with van der Waals surface area (Å²) in [6, 6.07) is 0.276. The van der Waals surface area contributed by atoms with Gasteiger partial charge in [-0.25, -0.2) is 0 Å². The minimum absolute atomic E-state index is 0.181. The maximum atomic E-state index is 13.0. The Labute approximate surface area is 122 Å². The lowest BCUT2D eigenvalue weighted by Crippen LogP contribution is -2.60. The molecule has 3 rings (SSSR count). The Hall–Kier alpha value is -0.830. The van der Waals surface area contributed by atoms with E-state index in [-0.39, 0.29) is 11.6 Å². The molecule has 0 aromatic carbocycles. The van der Waals surface area contributed by atoms with Gasteiger partial charge in [0.2, 0.25) is 5.91 Å². The van der Waals surface area contributed by atoms with Crippen molar-refractivity contribution in [2.45, 2.75) is 75.8 Å². The van der Waals surface area contributed by atoms with E-state index in [1.54, 1.807) is 0 Å². The predicted octanol–water partition coefficient (Wildman–Crippen LogP) is 3.01. The molecule has 2 fully saturated rings. The number of carbonyl (C=O) groups excluding carboxylic acids is 1. The summed E-state index contributed by atoms with van der Waals surface area (Å²) in [5, 5.41) is 3.34. The molecule has 1 saturated carbocycles. The molecule has 1 unspecified atom stereocenters. The second-order valence-electron chi connectivity index (χ2n) is 6.73. The lowest BCUT2D eigenvalue weighted by atomic mass is 9.79. The Balaban J connectivity index is 1.72. The first-order chi connectivity index (χ1) is 9.81. The third kappa shape index (κ3) is 2.78. The van der Waals surface area contributed by atoms with Gasteiger partial charge in [0, 0.05) is 6.04 Å². The van der Waals surface area contributed by atoms with Crippen molar-refractivity contribution in [2.24, 2.45) is 0 Å². The Kier molecular flexibility index (Phi) is 4.45. The smallest absolute Gasteiger partial charge is 0.240 e. The molecule has 112 valence electrons. The van der Waals surface area contributed by atoms with Crippen molar-refractivity contribution >= 4 is 5.91 Å². The molecule has 1 N–H and O–H groups in total. The highest BCUT2D eigenvalue weighted by atomic mass is 16.2. The number of carbonyl (C=O) groups is 1. The van der Waals surface area contributed by atoms with Crippen molar-refractivity contribution in [1.82, 2.24) is 10.2 Å². The highest BCUT2D eigenvalue weighted by Crippen LogP contribution is 2.36. The molecule has 1 amide bonds. The van der Waals surface area contributed by atoms with E-state index in [1.165, 1.54) is 44.9 Å². The second-order valence-corrected chi connectivity index (χ2v) is 6.73. The Morgan fingerprint density at radius 2 is 1.80 bits per heavy atom. The van der Waals surface area contributed by atoms with E-state index in [2.05, 4.69) is 22.4 Å². The largest absolute Gasteiger partial charge is 0.348 e. The number of amides is 1. The number of nitrogens with one attached hydrogen (secondary N) is 1. The van der Waals surface area contributed by atoms with Crippen molar-refractivity contribution in [1.29, 1.82) is 0 Å². The first-order valence-electron chi connectivity index (χ1n) is 8.54. The second kappa shape index (κ2) is 6.30. The summed E-state index contributed by atoms with van der Waals surface area (Å²) in [5.41, 5.74) is -0.181. The average Bonchev–Trinajstić information content (AvgIpc) is 3.04. The fourth-order valence-corrected chi connectivity index (χ4v) is 4.20. The summed E-state index contributed by atoms with van der Waals surface area (Å²) in [6.07, 6.45) is 16.3. The van der Waals surface area contributed by atoms with Crippen LogP contribution >= 0.6 is 0 Å². The number of rotatable bonds is 3. The van der Waals surface area contributed by atoms with Crippen molar-refractivity contribution in [3.05, 3.63) is 12.2 Å². The number of hydrogen-bond donors (Lipinski definition) is 1. The standard InChI is InChI=1S/C17H28N2O/c20-16(18-15-9-3-1-4-10-15)17(11-5-2-6-12-17)19-13-7-8-14-19/h3,9,15H,1-2,4-8,10-14H2,(H,18,20). The molecule has 0 radical (unpaired) electrons. The van der Waals surface area contributed by atoms with Crippen molar-refractivity contribution in [3.63, 3.8) is 0 Å². The zero-order valence-corrected chi connectivity index (χ0v) is 12.6. The van der Waals surface area contributed by atoms with Crippen molar-refractivity contribution in [3.8, 4) is 0 Å². The molecule has 3 aliphatic rings. The molecule has 0 spiro atoms. The summed E-state index contributed by atoms with van der Waals surface area (Å²) in [6.45, 7) is 2.24. The maximum absolute atomic E-state index is 13.0. The lowest BCUT2D eigenvalue weighted by Gasteiger charge is -2.44. The molecule has 1 heterocycles. The van der Waals surface area contributed by atoms with Gasteiger partial charge in [-0.1, -0.05) is 31.4 Å². The molecule has 1 saturated heterocycles. The molecular weight excluding hydrogens is 248 g/mol. The zero-order chi connectivity index (χ0) is 13.8. The fourth-order valence-electron chi connectivity index (χ4n) is 4.20. The van der Waals surface area contributed by atoms with Crippen LogP contribution in [0.15, 0.2) is 12.2 Å². The van der Waals surface area contributed by atoms with Gasteiger partial charge in [0.25, 0.3) is 0 Å². The molecule has 0 bridgehead atoms. The molecule has 1 aliphatic heterocycles. The van der Waals surface area contributed by atoms with Crippen LogP contribution in [-0.2, 0) is 4.79 Å². The van der Waals surface area contributed by atoms with E-state index in [4.69, 9.17) is 0 Å². The van der Waals surface area contributed by atoms with E-state index in [9.17, 15) is 4.79 Å². The van der Waals surface area contributed by atoms with Gasteiger partial charge in [0.15, 0.2) is 0 Å². The van der Waals surface area contributed by atoms with Crippen LogP contribution in [0.4, 0.5) is 0 Å². The van der Waals surface area contributed by atoms with Gasteiger partial charge in [-0.05, 0) is 58.0 Å². The Bertz CT molecular complexity index is 365. The van der Waals surface area contributed by atoms with Crippen LogP contribution in [0.2, 0.25) is 0 Å². The Morgan fingerprint density at radius 1 is 1.05 bits per heavy atom. The number of likely N-dealkylation sites (tertiary alicyclic amines) is 1. The molecular formula is C17H28N2O. The van der Waals surface area contributed by atoms with Crippen LogP contribution in [0, 0.1) is 0 Å². The van der Waals surface area contributed by atoms with E-state index < -0.39 is 0 Å². The summed E-state index contributed by atoms with van der Waals surface area (Å²) < 4.78 is 0. The van der Waals surface area contributed by atoms with E-state index in [0.717, 1.165) is 32.4 Å². The predicted molar refractivity (Wildman–Crippen MR) is 81.5 cm³/mol. The van der Waals surface area contributed by atoms with Gasteiger partial charge in [-0.2, -0.15) is 0 Å². The van der Waals surface area contributed by atoms with E-state index in [0.29, 0.717) is 5.91 Å². The van der Waals surface area contributed by atoms with Crippen LogP contribution in [0.5, 0.6) is 0 Å². The summed E-state index contributed by atoms with van der Waals surface area (Å²) in [5.74, 6) is 0.315. The van der Waals surface area contributed by atoms with Crippen LogP contribution < -0.4 is 5.32 Å². The number of hydrogen-bond acceptors (Lipinski definition) is 2. The topological polar surface area (TPSA) is 32.3 Å². The van der Waals surface area contributed by atoms with Gasteiger partial charge in [-0.15, -0.1) is 0 Å². The highest BCUT2D eigenvalue weighted by Gasteiger charge is 2.45. The quantitative estimate of drug-likeness (QED) is 0.804. The summed E-state index contributed by atoms with van der Waals surface area (Å²) >= 11 is 0. The maximum Gasteiger partial charge on any atom is 0.240 e. The molecule has 0 aromatic rings. The van der Waals surface area contributed by atoms with Gasteiger partial charge in [0.1, 0.15) is 5.54 Å². The van der Waals surface area contributed by atoms with Crippen molar-refractivity contribution in [2.75, 3.05) is 13.1 Å². The van der Waals surface area contributed by atoms with Crippen LogP contribution in [0.3, 0.4) is 0 Å². The van der Waals surface area contributed by atoms with Gasteiger partial charge in [-0.3, -0.25) is 9.69 Å². The third-order valence-electron chi connectivity index (χ3n) is 5.39. The molecule has 3 nitrogen and oxygen atoms in total. The first kappa shape index (κ1) is 14.1. The van der Waals surface area contributed by atoms with E-state index >= 15 is 0 Å². The zero-order valence-electron chi connectivity index (χ0n) is 12.6. The van der Waals surface area contributed by atoms with Gasteiger partial charge < -0.3 is 5.32 Å². The molecule has 3 heteroatoms. The first-order valence-corrected chi connectivity index (χ1v) is 8.54. The molecule has 20 heavy (non-hydrogen) atoms.